The zero-order valence-corrected chi connectivity index (χ0v) is 20.3. The van der Waals surface area contributed by atoms with Crippen LogP contribution in [0.5, 0.6) is 0 Å². The van der Waals surface area contributed by atoms with Crippen LogP contribution in [0.2, 0.25) is 0 Å². The van der Waals surface area contributed by atoms with Gasteiger partial charge in [0.1, 0.15) is 5.69 Å². The van der Waals surface area contributed by atoms with E-state index in [0.717, 1.165) is 16.7 Å². The molecule has 0 atom stereocenters. The van der Waals surface area contributed by atoms with E-state index in [2.05, 4.69) is 20.6 Å². The van der Waals surface area contributed by atoms with Gasteiger partial charge in [-0.3, -0.25) is 19.3 Å². The first-order valence-corrected chi connectivity index (χ1v) is 12.0. The Kier molecular flexibility index (Phi) is 6.93. The molecule has 0 saturated heterocycles. The van der Waals surface area contributed by atoms with Gasteiger partial charge in [0.15, 0.2) is 5.69 Å². The van der Waals surface area contributed by atoms with Crippen molar-refractivity contribution in [2.75, 3.05) is 0 Å². The smallest absolute Gasteiger partial charge is 0.267 e. The molecular formula is C28H25N7O2. The molecule has 3 aromatic heterocycles. The predicted molar refractivity (Wildman–Crippen MR) is 142 cm³/mol. The molecule has 0 spiro atoms. The van der Waals surface area contributed by atoms with Crippen LogP contribution in [0, 0.1) is 0 Å². The fourth-order valence-corrected chi connectivity index (χ4v) is 4.09. The summed E-state index contributed by atoms with van der Waals surface area (Å²) in [6.45, 7) is 2.95. The van der Waals surface area contributed by atoms with Gasteiger partial charge in [-0.1, -0.05) is 55.5 Å². The standard InChI is InChI=1S/C28H25N7O2/c1-2-15-35-28(37)24-13-7-6-12-23(24)26(33-35)27(36)31-30-17-22-19-34(18-20-9-4-3-5-10-20)32-25(22)21-11-8-14-29-16-21/h3-14,16-17,19H,2,15,18H2,1H3,(H,31,36)/b30-17+. The van der Waals surface area contributed by atoms with Gasteiger partial charge in [0, 0.05) is 41.6 Å². The van der Waals surface area contributed by atoms with Gasteiger partial charge >= 0.3 is 0 Å². The van der Waals surface area contributed by atoms with Crippen LogP contribution in [-0.4, -0.2) is 36.7 Å². The van der Waals surface area contributed by atoms with E-state index in [1.807, 2.05) is 60.3 Å². The number of carbonyl (C=O) groups excluding carboxylic acids is 1. The summed E-state index contributed by atoms with van der Waals surface area (Å²) in [5.41, 5.74) is 5.86. The molecule has 0 unspecified atom stereocenters. The fourth-order valence-electron chi connectivity index (χ4n) is 4.09. The molecule has 3 heterocycles. The van der Waals surface area contributed by atoms with Gasteiger partial charge in [-0.25, -0.2) is 10.1 Å². The first-order chi connectivity index (χ1) is 18.1. The van der Waals surface area contributed by atoms with E-state index in [4.69, 9.17) is 5.10 Å². The number of hydrogen-bond donors (Lipinski definition) is 1. The van der Waals surface area contributed by atoms with Crippen LogP contribution in [0.3, 0.4) is 0 Å². The Morgan fingerprint density at radius 3 is 2.54 bits per heavy atom. The van der Waals surface area contributed by atoms with Crippen LogP contribution in [-0.2, 0) is 13.1 Å². The molecule has 9 heteroatoms. The number of benzene rings is 2. The number of amides is 1. The lowest BCUT2D eigenvalue weighted by Crippen LogP contribution is -2.29. The summed E-state index contributed by atoms with van der Waals surface area (Å²) in [4.78, 5) is 30.0. The Morgan fingerprint density at radius 1 is 1.00 bits per heavy atom. The monoisotopic (exact) mass is 491 g/mol. The van der Waals surface area contributed by atoms with Crippen LogP contribution in [0.4, 0.5) is 0 Å². The molecule has 2 aromatic carbocycles. The van der Waals surface area contributed by atoms with E-state index in [1.54, 1.807) is 42.9 Å². The van der Waals surface area contributed by atoms with Crippen molar-refractivity contribution < 1.29 is 4.79 Å². The van der Waals surface area contributed by atoms with Gasteiger partial charge in [0.2, 0.25) is 0 Å². The number of nitrogens with zero attached hydrogens (tertiary/aromatic N) is 6. The predicted octanol–water partition coefficient (Wildman–Crippen LogP) is 3.88. The maximum absolute atomic E-state index is 13.1. The average molecular weight is 492 g/mol. The molecule has 0 aliphatic rings. The molecule has 0 radical (unpaired) electrons. The van der Waals surface area contributed by atoms with E-state index in [1.165, 1.54) is 4.68 Å². The molecular weight excluding hydrogens is 466 g/mol. The summed E-state index contributed by atoms with van der Waals surface area (Å²) in [6, 6.07) is 20.7. The minimum atomic E-state index is -0.503. The van der Waals surface area contributed by atoms with Gasteiger partial charge in [0.05, 0.1) is 18.1 Å². The van der Waals surface area contributed by atoms with Gasteiger partial charge < -0.3 is 0 Å². The van der Waals surface area contributed by atoms with Gasteiger partial charge in [-0.05, 0) is 30.2 Å². The van der Waals surface area contributed by atoms with Crippen LogP contribution in [0.1, 0.15) is 35.0 Å². The normalized spacial score (nSPS) is 11.3. The highest BCUT2D eigenvalue weighted by atomic mass is 16.2. The average Bonchev–Trinajstić information content (AvgIpc) is 3.33. The van der Waals surface area contributed by atoms with Crippen LogP contribution < -0.4 is 11.0 Å². The Hall–Kier alpha value is -4.92. The molecule has 0 saturated carbocycles. The zero-order valence-electron chi connectivity index (χ0n) is 20.3. The highest BCUT2D eigenvalue weighted by Crippen LogP contribution is 2.20. The summed E-state index contributed by atoms with van der Waals surface area (Å²) in [7, 11) is 0. The van der Waals surface area contributed by atoms with E-state index in [0.29, 0.717) is 36.0 Å². The first-order valence-electron chi connectivity index (χ1n) is 12.0. The maximum Gasteiger partial charge on any atom is 0.292 e. The van der Waals surface area contributed by atoms with Gasteiger partial charge in [-0.2, -0.15) is 15.3 Å². The molecule has 37 heavy (non-hydrogen) atoms. The van der Waals surface area contributed by atoms with E-state index < -0.39 is 5.91 Å². The summed E-state index contributed by atoms with van der Waals surface area (Å²) < 4.78 is 3.16. The fraction of sp³-hybridized carbons (Fsp3) is 0.143. The number of pyridine rings is 1. The van der Waals surface area contributed by atoms with Crippen LogP contribution in [0.15, 0.2) is 95.2 Å². The third kappa shape index (κ3) is 5.20. The summed E-state index contributed by atoms with van der Waals surface area (Å²) in [6.07, 6.45) is 7.58. The molecule has 5 rings (SSSR count). The second-order valence-electron chi connectivity index (χ2n) is 8.48. The maximum atomic E-state index is 13.1. The number of carbonyl (C=O) groups is 1. The van der Waals surface area contributed by atoms with Gasteiger partial charge in [-0.15, -0.1) is 0 Å². The molecule has 0 aliphatic heterocycles. The van der Waals surface area contributed by atoms with Crippen molar-refractivity contribution in [2.45, 2.75) is 26.4 Å². The quantitative estimate of drug-likeness (QED) is 0.262. The SMILES string of the molecule is CCCn1nc(C(=O)N/N=C/c2cn(Cc3ccccc3)nc2-c2cccnc2)c2ccccc2c1=O. The van der Waals surface area contributed by atoms with Crippen molar-refractivity contribution in [1.29, 1.82) is 0 Å². The number of aromatic nitrogens is 5. The number of nitrogens with one attached hydrogen (secondary N) is 1. The Bertz CT molecular complexity index is 1620. The van der Waals surface area contributed by atoms with Crippen molar-refractivity contribution in [3.05, 3.63) is 112 Å². The molecule has 1 amide bonds. The lowest BCUT2D eigenvalue weighted by atomic mass is 10.1. The summed E-state index contributed by atoms with van der Waals surface area (Å²) in [5, 5.41) is 14.2. The molecule has 5 aromatic rings. The van der Waals surface area contributed by atoms with Crippen molar-refractivity contribution >= 4 is 22.9 Å². The van der Waals surface area contributed by atoms with Crippen molar-refractivity contribution in [3.63, 3.8) is 0 Å². The minimum Gasteiger partial charge on any atom is -0.267 e. The number of rotatable bonds is 8. The third-order valence-corrected chi connectivity index (χ3v) is 5.80. The number of hydrogen-bond acceptors (Lipinski definition) is 6. The third-order valence-electron chi connectivity index (χ3n) is 5.80. The highest BCUT2D eigenvalue weighted by Gasteiger charge is 2.16. The molecule has 1 N–H and O–H groups in total. The largest absolute Gasteiger partial charge is 0.292 e. The minimum absolute atomic E-state index is 0.146. The second kappa shape index (κ2) is 10.8. The Morgan fingerprint density at radius 2 is 1.78 bits per heavy atom. The molecule has 184 valence electrons. The van der Waals surface area contributed by atoms with E-state index in [9.17, 15) is 9.59 Å². The van der Waals surface area contributed by atoms with Crippen molar-refractivity contribution in [2.24, 2.45) is 5.10 Å². The highest BCUT2D eigenvalue weighted by molar-refractivity contribution is 6.05. The van der Waals surface area contributed by atoms with Gasteiger partial charge in [0.25, 0.3) is 11.5 Å². The Labute approximate surface area is 213 Å². The lowest BCUT2D eigenvalue weighted by molar-refractivity contribution is 0.0949. The van der Waals surface area contributed by atoms with E-state index in [-0.39, 0.29) is 11.3 Å². The van der Waals surface area contributed by atoms with Crippen molar-refractivity contribution in [3.8, 4) is 11.3 Å². The number of aryl methyl sites for hydroxylation is 1. The second-order valence-corrected chi connectivity index (χ2v) is 8.48. The molecule has 9 nitrogen and oxygen atoms in total. The molecule has 0 aliphatic carbocycles. The van der Waals surface area contributed by atoms with Crippen LogP contribution in [0.25, 0.3) is 22.0 Å². The number of fused-ring (bicyclic) bond motifs is 1. The molecule has 0 bridgehead atoms. The van der Waals surface area contributed by atoms with Crippen molar-refractivity contribution in [1.82, 2.24) is 30.0 Å². The lowest BCUT2D eigenvalue weighted by Gasteiger charge is -2.09. The zero-order chi connectivity index (χ0) is 25.6. The van der Waals surface area contributed by atoms with Crippen LogP contribution >= 0.6 is 0 Å². The number of hydrazone groups is 1. The topological polar surface area (TPSA) is 107 Å². The van der Waals surface area contributed by atoms with E-state index >= 15 is 0 Å². The first kappa shape index (κ1) is 23.8. The molecule has 0 fully saturated rings. The summed E-state index contributed by atoms with van der Waals surface area (Å²) in [5.74, 6) is -0.503. The Balaban J connectivity index is 1.44. The summed E-state index contributed by atoms with van der Waals surface area (Å²) >= 11 is 0.